The largest absolute Gasteiger partial charge is 0.259 e. The van der Waals surface area contributed by atoms with E-state index in [1.165, 1.54) is 0 Å². The Balaban J connectivity index is 2.46. The van der Waals surface area contributed by atoms with E-state index in [1.807, 2.05) is 6.20 Å². The van der Waals surface area contributed by atoms with Crippen LogP contribution in [-0.2, 0) is 0 Å². The lowest BCUT2D eigenvalue weighted by molar-refractivity contribution is 0.637. The smallest absolute Gasteiger partial charge is 0.197 e. The van der Waals surface area contributed by atoms with E-state index < -0.39 is 0 Å². The summed E-state index contributed by atoms with van der Waals surface area (Å²) >= 11 is 3.64. The summed E-state index contributed by atoms with van der Waals surface area (Å²) in [7, 11) is 0. The van der Waals surface area contributed by atoms with Gasteiger partial charge in [-0.15, -0.1) is 5.10 Å². The van der Waals surface area contributed by atoms with Crippen LogP contribution in [0.15, 0.2) is 12.4 Å². The summed E-state index contributed by atoms with van der Waals surface area (Å²) in [5.74, 6) is 0.328. The third-order valence-corrected chi connectivity index (χ3v) is 3.97. The van der Waals surface area contributed by atoms with E-state index in [9.17, 15) is 0 Å². The van der Waals surface area contributed by atoms with Gasteiger partial charge in [-0.05, 0) is 16.8 Å². The molecule has 0 spiro atoms. The van der Waals surface area contributed by atoms with Crippen molar-refractivity contribution in [2.45, 2.75) is 31.0 Å². The second-order valence-electron chi connectivity index (χ2n) is 3.49. The van der Waals surface area contributed by atoms with Crippen molar-refractivity contribution in [2.75, 3.05) is 0 Å². The first kappa shape index (κ1) is 10.5. The van der Waals surface area contributed by atoms with Crippen LogP contribution in [0.1, 0.15) is 31.9 Å². The van der Waals surface area contributed by atoms with Crippen LogP contribution in [0.25, 0.3) is 5.65 Å². The zero-order valence-electron chi connectivity index (χ0n) is 8.63. The Morgan fingerprint density at radius 2 is 2.27 bits per heavy atom. The van der Waals surface area contributed by atoms with Crippen molar-refractivity contribution < 1.29 is 0 Å². The molecule has 0 aliphatic rings. The first-order valence-corrected chi connectivity index (χ1v) is 5.81. The molecule has 2 unspecified atom stereocenters. The van der Waals surface area contributed by atoms with E-state index in [2.05, 4.69) is 50.3 Å². The lowest BCUT2D eigenvalue weighted by atomic mass is 10.0. The number of rotatable bonds is 3. The fraction of sp³-hybridized carbons (Fsp3) is 0.556. The van der Waals surface area contributed by atoms with Crippen molar-refractivity contribution in [1.82, 2.24) is 25.0 Å². The summed E-state index contributed by atoms with van der Waals surface area (Å²) in [5, 5.41) is 11.5. The number of alkyl halides is 1. The molecule has 0 N–H and O–H groups in total. The number of nitrogens with zero attached hydrogens (tertiary/aromatic N) is 5. The highest BCUT2D eigenvalue weighted by molar-refractivity contribution is 9.09. The van der Waals surface area contributed by atoms with Crippen molar-refractivity contribution in [3.05, 3.63) is 18.1 Å². The fourth-order valence-corrected chi connectivity index (χ4v) is 1.81. The van der Waals surface area contributed by atoms with Crippen molar-refractivity contribution in [1.29, 1.82) is 0 Å². The molecule has 0 aliphatic heterocycles. The van der Waals surface area contributed by atoms with Gasteiger partial charge in [0.25, 0.3) is 0 Å². The second-order valence-corrected chi connectivity index (χ2v) is 4.67. The summed E-state index contributed by atoms with van der Waals surface area (Å²) in [4.78, 5) is 4.55. The highest BCUT2D eigenvalue weighted by Gasteiger charge is 2.18. The lowest BCUT2D eigenvalue weighted by Gasteiger charge is -2.16. The topological polar surface area (TPSA) is 56.0 Å². The first-order chi connectivity index (χ1) is 7.24. The molecule has 2 rings (SSSR count). The average molecular weight is 270 g/mol. The van der Waals surface area contributed by atoms with Crippen LogP contribution in [0.4, 0.5) is 0 Å². The standard InChI is InChI=1S/C9H12BrN5/c1-3-7(10)6(2)8-4-11-5-9-12-13-14-15(8)9/h4-7H,3H2,1-2H3. The summed E-state index contributed by atoms with van der Waals surface area (Å²) in [6, 6.07) is 0. The fourth-order valence-electron chi connectivity index (χ4n) is 1.54. The van der Waals surface area contributed by atoms with Crippen LogP contribution in [0, 0.1) is 0 Å². The molecule has 2 aromatic rings. The molecule has 0 bridgehead atoms. The molecule has 0 radical (unpaired) electrons. The summed E-state index contributed by atoms with van der Waals surface area (Å²) in [6.07, 6.45) is 4.53. The van der Waals surface area contributed by atoms with Gasteiger partial charge in [0.15, 0.2) is 5.65 Å². The Hall–Kier alpha value is -1.04. The number of hydrogen-bond donors (Lipinski definition) is 0. The highest BCUT2D eigenvalue weighted by atomic mass is 79.9. The molecule has 0 saturated heterocycles. The third kappa shape index (κ3) is 1.86. The number of fused-ring (bicyclic) bond motifs is 1. The Bertz CT molecular complexity index is 454. The average Bonchev–Trinajstić information content (AvgIpc) is 2.74. The zero-order chi connectivity index (χ0) is 10.8. The van der Waals surface area contributed by atoms with Gasteiger partial charge in [0, 0.05) is 16.9 Å². The molecule has 2 atom stereocenters. The monoisotopic (exact) mass is 269 g/mol. The molecule has 0 fully saturated rings. The highest BCUT2D eigenvalue weighted by Crippen LogP contribution is 2.25. The number of hydrogen-bond acceptors (Lipinski definition) is 4. The summed E-state index contributed by atoms with van der Waals surface area (Å²) in [5.41, 5.74) is 1.72. The van der Waals surface area contributed by atoms with E-state index in [1.54, 1.807) is 10.7 Å². The van der Waals surface area contributed by atoms with E-state index in [0.717, 1.165) is 12.1 Å². The first-order valence-electron chi connectivity index (χ1n) is 4.90. The Labute approximate surface area is 96.0 Å². The van der Waals surface area contributed by atoms with Crippen LogP contribution >= 0.6 is 15.9 Å². The van der Waals surface area contributed by atoms with Gasteiger partial charge in [0.1, 0.15) is 0 Å². The van der Waals surface area contributed by atoms with Crippen LogP contribution < -0.4 is 0 Å². The molecule has 2 aromatic heterocycles. The van der Waals surface area contributed by atoms with Gasteiger partial charge in [0.2, 0.25) is 0 Å². The predicted molar refractivity (Wildman–Crippen MR) is 60.0 cm³/mol. The molecule has 0 aromatic carbocycles. The maximum atomic E-state index is 4.14. The second kappa shape index (κ2) is 4.22. The SMILES string of the molecule is CCC(Br)C(C)c1cncc2nnnn12. The molecule has 2 heterocycles. The molecule has 0 saturated carbocycles. The third-order valence-electron chi connectivity index (χ3n) is 2.53. The van der Waals surface area contributed by atoms with E-state index >= 15 is 0 Å². The van der Waals surface area contributed by atoms with Gasteiger partial charge in [-0.1, -0.05) is 29.8 Å². The van der Waals surface area contributed by atoms with Crippen LogP contribution in [0.5, 0.6) is 0 Å². The van der Waals surface area contributed by atoms with E-state index in [-0.39, 0.29) is 0 Å². The molecule has 15 heavy (non-hydrogen) atoms. The van der Waals surface area contributed by atoms with Gasteiger partial charge in [-0.2, -0.15) is 4.52 Å². The molecule has 5 nitrogen and oxygen atoms in total. The van der Waals surface area contributed by atoms with Crippen molar-refractivity contribution >= 4 is 21.6 Å². The number of tetrazole rings is 1. The summed E-state index contributed by atoms with van der Waals surface area (Å²) in [6.45, 7) is 4.28. The predicted octanol–water partition coefficient (Wildman–Crippen LogP) is 1.80. The quantitative estimate of drug-likeness (QED) is 0.798. The minimum atomic E-state index is 0.328. The van der Waals surface area contributed by atoms with Crippen LogP contribution in [0.2, 0.25) is 0 Å². The molecule has 0 amide bonds. The minimum absolute atomic E-state index is 0.328. The van der Waals surface area contributed by atoms with Crippen molar-refractivity contribution in [3.8, 4) is 0 Å². The minimum Gasteiger partial charge on any atom is -0.259 e. The Morgan fingerprint density at radius 1 is 1.47 bits per heavy atom. The normalized spacial score (nSPS) is 15.4. The van der Waals surface area contributed by atoms with Crippen molar-refractivity contribution in [3.63, 3.8) is 0 Å². The van der Waals surface area contributed by atoms with Crippen molar-refractivity contribution in [2.24, 2.45) is 0 Å². The van der Waals surface area contributed by atoms with Gasteiger partial charge in [0.05, 0.1) is 11.9 Å². The zero-order valence-corrected chi connectivity index (χ0v) is 10.2. The lowest BCUT2D eigenvalue weighted by Crippen LogP contribution is -2.13. The van der Waals surface area contributed by atoms with Crippen LogP contribution in [-0.4, -0.2) is 29.9 Å². The van der Waals surface area contributed by atoms with Gasteiger partial charge < -0.3 is 0 Å². The Kier molecular flexibility index (Phi) is 2.95. The summed E-state index contributed by atoms with van der Waals surface area (Å²) < 4.78 is 1.74. The van der Waals surface area contributed by atoms with E-state index in [4.69, 9.17) is 0 Å². The Morgan fingerprint density at radius 3 is 3.00 bits per heavy atom. The molecular weight excluding hydrogens is 258 g/mol. The van der Waals surface area contributed by atoms with Crippen LogP contribution in [0.3, 0.4) is 0 Å². The maximum absolute atomic E-state index is 4.14. The van der Waals surface area contributed by atoms with Gasteiger partial charge in [-0.25, -0.2) is 0 Å². The number of aromatic nitrogens is 5. The van der Waals surface area contributed by atoms with Gasteiger partial charge in [-0.3, -0.25) is 4.98 Å². The molecule has 6 heteroatoms. The maximum Gasteiger partial charge on any atom is 0.197 e. The van der Waals surface area contributed by atoms with E-state index in [0.29, 0.717) is 16.4 Å². The molecular formula is C9H12BrN5. The molecule has 0 aliphatic carbocycles. The number of halogens is 1. The van der Waals surface area contributed by atoms with Gasteiger partial charge >= 0.3 is 0 Å². The molecule has 80 valence electrons.